The van der Waals surface area contributed by atoms with Gasteiger partial charge in [0.15, 0.2) is 5.65 Å². The number of fused-ring (bicyclic) bond motifs is 1. The van der Waals surface area contributed by atoms with Crippen LogP contribution >= 0.6 is 0 Å². The monoisotopic (exact) mass is 297 g/mol. The highest BCUT2D eigenvalue weighted by molar-refractivity contribution is 6.35. The van der Waals surface area contributed by atoms with Crippen molar-refractivity contribution in [3.8, 4) is 5.82 Å². The van der Waals surface area contributed by atoms with E-state index in [0.29, 0.717) is 11.4 Å². The Bertz CT molecular complexity index is 965. The predicted molar refractivity (Wildman–Crippen MR) is 91.8 cm³/mol. The third-order valence-corrected chi connectivity index (χ3v) is 3.53. The normalized spacial score (nSPS) is 10.8. The van der Waals surface area contributed by atoms with Gasteiger partial charge in [-0.25, -0.2) is 9.97 Å². The van der Waals surface area contributed by atoms with Gasteiger partial charge in [-0.1, -0.05) is 29.7 Å². The molecule has 4 aromatic rings. The second kappa shape index (κ2) is 5.57. The van der Waals surface area contributed by atoms with Crippen molar-refractivity contribution in [1.29, 1.82) is 0 Å². The Hall–Kier alpha value is -3.15. The second-order valence-electron chi connectivity index (χ2n) is 5.06. The van der Waals surface area contributed by atoms with Gasteiger partial charge in [-0.3, -0.25) is 4.57 Å². The molecule has 2 radical (unpaired) electrons. The fourth-order valence-corrected chi connectivity index (χ4v) is 2.39. The van der Waals surface area contributed by atoms with E-state index in [1.807, 2.05) is 59.3 Å². The second-order valence-corrected chi connectivity index (χ2v) is 5.06. The van der Waals surface area contributed by atoms with Crippen LogP contribution in [-0.2, 0) is 0 Å². The van der Waals surface area contributed by atoms with Crippen LogP contribution in [0.25, 0.3) is 16.9 Å². The summed E-state index contributed by atoms with van der Waals surface area (Å²) in [5.41, 5.74) is 2.22. The number of nitrogens with one attached hydrogen (secondary N) is 1. The van der Waals surface area contributed by atoms with Gasteiger partial charge in [0.25, 0.3) is 0 Å². The molecule has 3 aromatic heterocycles. The number of benzene rings is 1. The number of para-hydroxylation sites is 1. The lowest BCUT2D eigenvalue weighted by atomic mass is 9.94. The van der Waals surface area contributed by atoms with Crippen LogP contribution in [0.2, 0.25) is 0 Å². The van der Waals surface area contributed by atoms with E-state index in [0.717, 1.165) is 22.5 Å². The van der Waals surface area contributed by atoms with Gasteiger partial charge in [0.1, 0.15) is 13.7 Å². The van der Waals surface area contributed by atoms with E-state index in [2.05, 4.69) is 20.3 Å². The number of aromatic nitrogens is 4. The molecule has 0 bridgehead atoms. The fourth-order valence-electron chi connectivity index (χ4n) is 2.39. The zero-order chi connectivity index (χ0) is 15.6. The topological polar surface area (TPSA) is 55.6 Å². The molecular formula is C17H12BN5. The largest absolute Gasteiger partial charge is 0.325 e. The summed E-state index contributed by atoms with van der Waals surface area (Å²) < 4.78 is 1.93. The van der Waals surface area contributed by atoms with Gasteiger partial charge < -0.3 is 5.32 Å². The van der Waals surface area contributed by atoms with E-state index >= 15 is 0 Å². The van der Waals surface area contributed by atoms with Crippen LogP contribution in [0.4, 0.5) is 11.6 Å². The maximum absolute atomic E-state index is 5.95. The Morgan fingerprint density at radius 1 is 0.957 bits per heavy atom. The molecule has 1 N–H and O–H groups in total. The van der Waals surface area contributed by atoms with E-state index in [1.54, 1.807) is 12.4 Å². The van der Waals surface area contributed by atoms with Gasteiger partial charge in [-0.05, 0) is 24.3 Å². The summed E-state index contributed by atoms with van der Waals surface area (Å²) >= 11 is 0. The number of hydrogen-bond acceptors (Lipinski definition) is 4. The predicted octanol–water partition coefficient (Wildman–Crippen LogP) is 2.35. The molecule has 0 saturated heterocycles. The molecule has 0 aliphatic rings. The molecule has 0 fully saturated rings. The molecule has 4 rings (SSSR count). The lowest BCUT2D eigenvalue weighted by Gasteiger charge is -2.09. The Balaban J connectivity index is 1.77. The van der Waals surface area contributed by atoms with Crippen LogP contribution in [0.3, 0.4) is 0 Å². The van der Waals surface area contributed by atoms with Gasteiger partial charge in [-0.15, -0.1) is 0 Å². The summed E-state index contributed by atoms with van der Waals surface area (Å²) in [5.74, 6) is 1.30. The van der Waals surface area contributed by atoms with Crippen molar-refractivity contribution < 1.29 is 0 Å². The van der Waals surface area contributed by atoms with E-state index in [9.17, 15) is 0 Å². The molecule has 0 aliphatic heterocycles. The highest BCUT2D eigenvalue weighted by Crippen LogP contribution is 2.19. The standard InChI is InChI=1S/C17H12BN5/c18-13-5-1-2-6-14(13)21-17-20-11-12-8-10-23(16(12)22-17)15-7-3-4-9-19-15/h1-11H,(H,20,21,22). The number of hydrogen-bond donors (Lipinski definition) is 1. The van der Waals surface area contributed by atoms with Crippen LogP contribution in [0, 0.1) is 0 Å². The molecule has 0 spiro atoms. The molecule has 0 unspecified atom stereocenters. The maximum atomic E-state index is 5.95. The summed E-state index contributed by atoms with van der Waals surface area (Å²) in [6.45, 7) is 0. The van der Waals surface area contributed by atoms with E-state index in [-0.39, 0.29) is 0 Å². The van der Waals surface area contributed by atoms with Crippen LogP contribution in [0.5, 0.6) is 0 Å². The molecule has 6 heteroatoms. The fraction of sp³-hybridized carbons (Fsp3) is 0. The highest BCUT2D eigenvalue weighted by atomic mass is 15.2. The summed E-state index contributed by atoms with van der Waals surface area (Å²) in [7, 11) is 5.95. The van der Waals surface area contributed by atoms with Gasteiger partial charge in [-0.2, -0.15) is 4.98 Å². The van der Waals surface area contributed by atoms with Crippen molar-refractivity contribution in [1.82, 2.24) is 19.5 Å². The molecule has 3 heterocycles. The minimum atomic E-state index is 0.492. The van der Waals surface area contributed by atoms with E-state index in [4.69, 9.17) is 7.85 Å². The van der Waals surface area contributed by atoms with Gasteiger partial charge in [0, 0.05) is 29.7 Å². The third-order valence-electron chi connectivity index (χ3n) is 3.53. The van der Waals surface area contributed by atoms with E-state index in [1.165, 1.54) is 0 Å². The highest BCUT2D eigenvalue weighted by Gasteiger charge is 2.08. The zero-order valence-electron chi connectivity index (χ0n) is 12.2. The lowest BCUT2D eigenvalue weighted by Crippen LogP contribution is -2.10. The quantitative estimate of drug-likeness (QED) is 0.590. The summed E-state index contributed by atoms with van der Waals surface area (Å²) in [5, 5.41) is 4.10. The molecule has 23 heavy (non-hydrogen) atoms. The van der Waals surface area contributed by atoms with Crippen LogP contribution in [0.15, 0.2) is 67.1 Å². The minimum absolute atomic E-state index is 0.492. The lowest BCUT2D eigenvalue weighted by molar-refractivity contribution is 1.02. The Morgan fingerprint density at radius 2 is 1.83 bits per heavy atom. The first-order valence-electron chi connectivity index (χ1n) is 7.18. The Labute approximate surface area is 134 Å². The number of nitrogens with zero attached hydrogens (tertiary/aromatic N) is 4. The molecular weight excluding hydrogens is 285 g/mol. The first-order chi connectivity index (χ1) is 11.3. The molecule has 0 aliphatic carbocycles. The number of anilines is 2. The molecule has 0 saturated carbocycles. The molecule has 1 aromatic carbocycles. The van der Waals surface area contributed by atoms with Crippen molar-refractivity contribution >= 4 is 36.0 Å². The SMILES string of the molecule is [B]c1ccccc1Nc1ncc2ccn(-c3ccccn3)c2n1. The van der Waals surface area contributed by atoms with Crippen molar-refractivity contribution in [2.24, 2.45) is 0 Å². The first kappa shape index (κ1) is 13.5. The van der Waals surface area contributed by atoms with Crippen molar-refractivity contribution in [2.45, 2.75) is 0 Å². The minimum Gasteiger partial charge on any atom is -0.325 e. The Morgan fingerprint density at radius 3 is 2.65 bits per heavy atom. The number of pyridine rings is 1. The average molecular weight is 297 g/mol. The first-order valence-corrected chi connectivity index (χ1v) is 7.18. The summed E-state index contributed by atoms with van der Waals surface area (Å²) in [4.78, 5) is 13.3. The summed E-state index contributed by atoms with van der Waals surface area (Å²) in [6, 6.07) is 15.2. The van der Waals surface area contributed by atoms with Crippen LogP contribution in [0.1, 0.15) is 0 Å². The van der Waals surface area contributed by atoms with Crippen LogP contribution in [-0.4, -0.2) is 27.4 Å². The van der Waals surface area contributed by atoms with E-state index < -0.39 is 0 Å². The molecule has 5 nitrogen and oxygen atoms in total. The molecule has 0 amide bonds. The smallest absolute Gasteiger partial charge is 0.229 e. The molecule has 108 valence electrons. The van der Waals surface area contributed by atoms with Gasteiger partial charge in [0.05, 0.1) is 0 Å². The van der Waals surface area contributed by atoms with Gasteiger partial charge >= 0.3 is 0 Å². The van der Waals surface area contributed by atoms with Crippen molar-refractivity contribution in [2.75, 3.05) is 5.32 Å². The third kappa shape index (κ3) is 2.55. The van der Waals surface area contributed by atoms with Crippen molar-refractivity contribution in [3.63, 3.8) is 0 Å². The zero-order valence-corrected chi connectivity index (χ0v) is 12.2. The summed E-state index contributed by atoms with van der Waals surface area (Å²) in [6.07, 6.45) is 5.47. The number of rotatable bonds is 3. The maximum Gasteiger partial charge on any atom is 0.229 e. The Kier molecular flexibility index (Phi) is 3.27. The van der Waals surface area contributed by atoms with Crippen molar-refractivity contribution in [3.05, 3.63) is 67.1 Å². The average Bonchev–Trinajstić information content (AvgIpc) is 3.01. The van der Waals surface area contributed by atoms with Gasteiger partial charge in [0.2, 0.25) is 5.95 Å². The molecule has 0 atom stereocenters. The van der Waals surface area contributed by atoms with Crippen LogP contribution < -0.4 is 10.8 Å².